The van der Waals surface area contributed by atoms with Crippen LogP contribution < -0.4 is 18.9 Å². The van der Waals surface area contributed by atoms with Crippen molar-refractivity contribution in [2.45, 2.75) is 57.1 Å². The molecule has 0 spiro atoms. The van der Waals surface area contributed by atoms with Crippen molar-refractivity contribution in [3.05, 3.63) is 47.0 Å². The summed E-state index contributed by atoms with van der Waals surface area (Å²) >= 11 is 0. The van der Waals surface area contributed by atoms with Crippen LogP contribution >= 0.6 is 0 Å². The molecule has 0 bridgehead atoms. The van der Waals surface area contributed by atoms with Crippen molar-refractivity contribution >= 4 is 5.71 Å². The van der Waals surface area contributed by atoms with Crippen LogP contribution in [0.3, 0.4) is 0 Å². The normalized spacial score (nSPS) is 21.7. The number of methoxy groups -OCH3 is 2. The average molecular weight is 458 g/mol. The van der Waals surface area contributed by atoms with Gasteiger partial charge in [-0.15, -0.1) is 0 Å². The summed E-state index contributed by atoms with van der Waals surface area (Å²) in [4.78, 5) is 5.16. The third kappa shape index (κ3) is 4.50. The van der Waals surface area contributed by atoms with Gasteiger partial charge in [-0.2, -0.15) is 8.78 Å². The molecule has 2 aromatic rings. The summed E-state index contributed by atoms with van der Waals surface area (Å²) in [5.74, 6) is 2.55. The first-order valence-electron chi connectivity index (χ1n) is 11.6. The molecule has 2 saturated carbocycles. The summed E-state index contributed by atoms with van der Waals surface area (Å²) < 4.78 is 47.7. The molecule has 1 aliphatic heterocycles. The van der Waals surface area contributed by atoms with Crippen LogP contribution in [0, 0.1) is 5.92 Å². The first-order chi connectivity index (χ1) is 16.1. The summed E-state index contributed by atoms with van der Waals surface area (Å²) in [6, 6.07) is 9.36. The fourth-order valence-corrected chi connectivity index (χ4v) is 4.95. The van der Waals surface area contributed by atoms with Crippen LogP contribution in [0.15, 0.2) is 35.3 Å². The molecule has 5 nitrogen and oxygen atoms in total. The molecular weight excluding hydrogens is 428 g/mol. The number of halogens is 2. The van der Waals surface area contributed by atoms with Gasteiger partial charge in [0.25, 0.3) is 0 Å². The first-order valence-corrected chi connectivity index (χ1v) is 11.6. The maximum atomic E-state index is 13.0. The molecule has 3 aliphatic rings. The number of benzene rings is 2. The Morgan fingerprint density at radius 2 is 1.67 bits per heavy atom. The van der Waals surface area contributed by atoms with E-state index in [-0.39, 0.29) is 11.8 Å². The van der Waals surface area contributed by atoms with Crippen molar-refractivity contribution < 1.29 is 27.7 Å². The van der Waals surface area contributed by atoms with Crippen LogP contribution in [-0.4, -0.2) is 39.2 Å². The van der Waals surface area contributed by atoms with E-state index >= 15 is 0 Å². The highest BCUT2D eigenvalue weighted by molar-refractivity contribution is 6.15. The number of aliphatic imine (C=N–C) groups is 1. The lowest BCUT2D eigenvalue weighted by Gasteiger charge is -2.36. The second kappa shape index (κ2) is 9.20. The Bertz CT molecular complexity index is 1050. The molecule has 176 valence electrons. The van der Waals surface area contributed by atoms with Crippen LogP contribution in [0.4, 0.5) is 8.78 Å². The quantitative estimate of drug-likeness (QED) is 0.490. The Morgan fingerprint density at radius 3 is 2.39 bits per heavy atom. The van der Waals surface area contributed by atoms with Crippen LogP contribution in [0.1, 0.15) is 61.1 Å². The van der Waals surface area contributed by atoms with Crippen molar-refractivity contribution in [2.24, 2.45) is 10.9 Å². The third-order valence-electron chi connectivity index (χ3n) is 6.84. The number of fused-ring (bicyclic) bond motifs is 3. The molecule has 5 rings (SSSR count). The molecule has 0 radical (unpaired) electrons. The van der Waals surface area contributed by atoms with Crippen molar-refractivity contribution in [1.82, 2.24) is 0 Å². The van der Waals surface area contributed by atoms with Crippen molar-refractivity contribution in [3.63, 3.8) is 0 Å². The van der Waals surface area contributed by atoms with Gasteiger partial charge in [-0.05, 0) is 67.5 Å². The number of hydrogen-bond acceptors (Lipinski definition) is 5. The van der Waals surface area contributed by atoms with E-state index in [2.05, 4.69) is 6.07 Å². The molecule has 0 saturated heterocycles. The zero-order valence-electron chi connectivity index (χ0n) is 19.0. The fourth-order valence-electron chi connectivity index (χ4n) is 4.95. The van der Waals surface area contributed by atoms with Gasteiger partial charge in [0.2, 0.25) is 0 Å². The summed E-state index contributed by atoms with van der Waals surface area (Å²) in [7, 11) is 3.26. The molecule has 7 heteroatoms. The SMILES string of the molecule is COc1cc2c(cc1OC)[C@@H]1CCCC[C@@H]1N=C2c1ccc(OC(F)F)c(OCC2CC2)c1. The number of nitrogens with zero attached hydrogens (tertiary/aromatic N) is 1. The van der Waals surface area contributed by atoms with Gasteiger partial charge >= 0.3 is 6.61 Å². The summed E-state index contributed by atoms with van der Waals surface area (Å²) in [6.07, 6.45) is 6.65. The van der Waals surface area contributed by atoms with E-state index in [1.54, 1.807) is 32.4 Å². The van der Waals surface area contributed by atoms with Crippen molar-refractivity contribution in [3.8, 4) is 23.0 Å². The molecular formula is C26H29F2NO4. The minimum absolute atomic E-state index is 0.0499. The summed E-state index contributed by atoms with van der Waals surface area (Å²) in [5, 5.41) is 0. The van der Waals surface area contributed by atoms with Gasteiger partial charge in [0, 0.05) is 17.0 Å². The largest absolute Gasteiger partial charge is 0.493 e. The van der Waals surface area contributed by atoms with E-state index in [4.69, 9.17) is 23.9 Å². The number of hydrogen-bond donors (Lipinski definition) is 0. The average Bonchev–Trinajstić information content (AvgIpc) is 3.66. The third-order valence-corrected chi connectivity index (χ3v) is 6.84. The van der Waals surface area contributed by atoms with E-state index in [1.165, 1.54) is 12.0 Å². The van der Waals surface area contributed by atoms with Crippen LogP contribution in [0.5, 0.6) is 23.0 Å². The molecule has 2 aromatic carbocycles. The number of alkyl halides is 2. The van der Waals surface area contributed by atoms with Gasteiger partial charge in [0.15, 0.2) is 23.0 Å². The summed E-state index contributed by atoms with van der Waals surface area (Å²) in [5.41, 5.74) is 3.84. The van der Waals surface area contributed by atoms with Crippen molar-refractivity contribution in [1.29, 1.82) is 0 Å². The van der Waals surface area contributed by atoms with Gasteiger partial charge in [-0.25, -0.2) is 0 Å². The maximum absolute atomic E-state index is 13.0. The fraction of sp³-hybridized carbons (Fsp3) is 0.500. The Morgan fingerprint density at radius 1 is 0.909 bits per heavy atom. The lowest BCUT2D eigenvalue weighted by Crippen LogP contribution is -2.29. The van der Waals surface area contributed by atoms with Gasteiger partial charge in [-0.3, -0.25) is 4.99 Å². The zero-order valence-corrected chi connectivity index (χ0v) is 19.0. The predicted molar refractivity (Wildman–Crippen MR) is 121 cm³/mol. The van der Waals surface area contributed by atoms with Gasteiger partial charge in [0.1, 0.15) is 0 Å². The minimum Gasteiger partial charge on any atom is -0.493 e. The molecule has 0 aromatic heterocycles. The summed E-state index contributed by atoms with van der Waals surface area (Å²) in [6.45, 7) is -2.41. The molecule has 2 aliphatic carbocycles. The standard InChI is InChI=1S/C26H29F2NO4/c1-30-22-12-18-17-5-3-4-6-20(17)29-25(19(18)13-23(22)31-2)16-9-10-21(33-26(27)28)24(11-16)32-14-15-7-8-15/h9-13,15,17,20,26H,3-8,14H2,1-2H3/t17-,20-/m0/s1. The Balaban J connectivity index is 1.58. The smallest absolute Gasteiger partial charge is 0.387 e. The predicted octanol–water partition coefficient (Wildman–Crippen LogP) is 5.97. The number of ether oxygens (including phenoxy) is 4. The van der Waals surface area contributed by atoms with E-state index in [0.717, 1.165) is 48.9 Å². The minimum atomic E-state index is -2.91. The number of rotatable bonds is 8. The molecule has 1 heterocycles. The van der Waals surface area contributed by atoms with Gasteiger partial charge in [-0.1, -0.05) is 12.8 Å². The topological polar surface area (TPSA) is 49.3 Å². The molecule has 0 unspecified atom stereocenters. The van der Waals surface area contributed by atoms with Crippen molar-refractivity contribution in [2.75, 3.05) is 20.8 Å². The second-order valence-electron chi connectivity index (χ2n) is 9.02. The highest BCUT2D eigenvalue weighted by Gasteiger charge is 2.35. The molecule has 33 heavy (non-hydrogen) atoms. The van der Waals surface area contributed by atoms with E-state index in [9.17, 15) is 8.78 Å². The van der Waals surface area contributed by atoms with Gasteiger partial charge in [0.05, 0.1) is 32.6 Å². The lowest BCUT2D eigenvalue weighted by atomic mass is 9.75. The van der Waals surface area contributed by atoms with Crippen LogP contribution in [0.2, 0.25) is 0 Å². The highest BCUT2D eigenvalue weighted by atomic mass is 19.3. The van der Waals surface area contributed by atoms with E-state index in [0.29, 0.717) is 35.7 Å². The van der Waals surface area contributed by atoms with E-state index in [1.807, 2.05) is 6.07 Å². The zero-order chi connectivity index (χ0) is 22.9. The van der Waals surface area contributed by atoms with Gasteiger partial charge < -0.3 is 18.9 Å². The molecule has 2 fully saturated rings. The van der Waals surface area contributed by atoms with Crippen LogP contribution in [-0.2, 0) is 0 Å². The maximum Gasteiger partial charge on any atom is 0.387 e. The van der Waals surface area contributed by atoms with E-state index < -0.39 is 6.61 Å². The Labute approximate surface area is 192 Å². The highest BCUT2D eigenvalue weighted by Crippen LogP contribution is 2.45. The first kappa shape index (κ1) is 22.0. The van der Waals surface area contributed by atoms with Crippen LogP contribution in [0.25, 0.3) is 0 Å². The molecule has 0 N–H and O–H groups in total. The lowest BCUT2D eigenvalue weighted by molar-refractivity contribution is -0.0515. The monoisotopic (exact) mass is 457 g/mol. The second-order valence-corrected chi connectivity index (χ2v) is 9.02. The molecule has 0 amide bonds. The molecule has 2 atom stereocenters. The Kier molecular flexibility index (Phi) is 6.13. The Hall–Kier alpha value is -2.83.